The monoisotopic (exact) mass is 462 g/mol. The normalized spacial score (nSPS) is 22.4. The van der Waals surface area contributed by atoms with E-state index in [9.17, 15) is 14.4 Å². The Morgan fingerprint density at radius 1 is 1.03 bits per heavy atom. The van der Waals surface area contributed by atoms with Crippen molar-refractivity contribution in [3.05, 3.63) is 59.7 Å². The van der Waals surface area contributed by atoms with Crippen molar-refractivity contribution in [1.82, 2.24) is 10.2 Å². The van der Waals surface area contributed by atoms with E-state index in [-0.39, 0.29) is 36.7 Å². The molecule has 7 nitrogen and oxygen atoms in total. The molecular formula is C27H30N2O5. The molecule has 0 aromatic heterocycles. The molecule has 2 N–H and O–H groups in total. The molecule has 178 valence electrons. The van der Waals surface area contributed by atoms with Gasteiger partial charge in [0.2, 0.25) is 5.91 Å². The number of carbonyl (C=O) groups is 3. The molecule has 1 heterocycles. The summed E-state index contributed by atoms with van der Waals surface area (Å²) < 4.78 is 5.68. The highest BCUT2D eigenvalue weighted by Gasteiger charge is 2.50. The van der Waals surface area contributed by atoms with E-state index in [4.69, 9.17) is 9.84 Å². The molecule has 5 rings (SSSR count). The number of carboxylic acid groups (broad SMARTS) is 1. The first-order valence-corrected chi connectivity index (χ1v) is 12.0. The molecule has 0 bridgehead atoms. The van der Waals surface area contributed by atoms with Crippen molar-refractivity contribution >= 4 is 18.0 Å². The lowest BCUT2D eigenvalue weighted by atomic mass is 9.75. The number of fused-ring (bicyclic) bond motifs is 3. The molecule has 0 spiro atoms. The number of nitrogens with zero attached hydrogens (tertiary/aromatic N) is 1. The molecule has 2 aliphatic carbocycles. The second kappa shape index (κ2) is 8.78. The third kappa shape index (κ3) is 3.93. The fraction of sp³-hybridized carbons (Fsp3) is 0.444. The molecule has 2 aromatic carbocycles. The highest BCUT2D eigenvalue weighted by molar-refractivity contribution is 5.91. The highest BCUT2D eigenvalue weighted by atomic mass is 16.5. The van der Waals surface area contributed by atoms with E-state index in [1.165, 1.54) is 0 Å². The maximum absolute atomic E-state index is 13.4. The van der Waals surface area contributed by atoms with Gasteiger partial charge in [0.25, 0.3) is 0 Å². The highest BCUT2D eigenvalue weighted by Crippen LogP contribution is 2.44. The van der Waals surface area contributed by atoms with Gasteiger partial charge in [-0.25, -0.2) is 4.79 Å². The molecule has 1 aliphatic heterocycles. The summed E-state index contributed by atoms with van der Waals surface area (Å²) in [6.45, 7) is 3.12. The lowest BCUT2D eigenvalue weighted by molar-refractivity contribution is -0.142. The molecule has 1 saturated carbocycles. The Hall–Kier alpha value is -3.35. The molecule has 3 aliphatic rings. The SMILES string of the molecule is CC1CN(C(=O)C2(NC(=O)OCC3c4ccccc4-c4ccccc43)CCC2)CC1CC(=O)O. The maximum Gasteiger partial charge on any atom is 0.408 e. The molecule has 2 amide bonds. The van der Waals surface area contributed by atoms with Gasteiger partial charge in [-0.3, -0.25) is 9.59 Å². The molecule has 34 heavy (non-hydrogen) atoms. The van der Waals surface area contributed by atoms with Crippen molar-refractivity contribution < 1.29 is 24.2 Å². The van der Waals surface area contributed by atoms with Gasteiger partial charge in [-0.1, -0.05) is 55.5 Å². The van der Waals surface area contributed by atoms with E-state index in [2.05, 4.69) is 29.6 Å². The first kappa shape index (κ1) is 22.4. The fourth-order valence-electron chi connectivity index (χ4n) is 5.75. The predicted octanol–water partition coefficient (Wildman–Crippen LogP) is 4.02. The van der Waals surface area contributed by atoms with Crippen LogP contribution in [0.4, 0.5) is 4.79 Å². The van der Waals surface area contributed by atoms with Crippen molar-refractivity contribution in [1.29, 1.82) is 0 Å². The van der Waals surface area contributed by atoms with E-state index < -0.39 is 17.6 Å². The van der Waals surface area contributed by atoms with Crippen LogP contribution in [0.2, 0.25) is 0 Å². The summed E-state index contributed by atoms with van der Waals surface area (Å²) in [7, 11) is 0. The number of likely N-dealkylation sites (tertiary alicyclic amines) is 1. The number of carboxylic acids is 1. The number of carbonyl (C=O) groups excluding carboxylic acids is 2. The topological polar surface area (TPSA) is 95.9 Å². The Bertz CT molecular complexity index is 1080. The van der Waals surface area contributed by atoms with Gasteiger partial charge in [-0.05, 0) is 53.4 Å². The molecule has 7 heteroatoms. The van der Waals surface area contributed by atoms with Crippen LogP contribution in [0.3, 0.4) is 0 Å². The van der Waals surface area contributed by atoms with Crippen molar-refractivity contribution in [2.45, 2.75) is 44.1 Å². The Kier molecular flexibility index (Phi) is 5.80. The quantitative estimate of drug-likeness (QED) is 0.676. The van der Waals surface area contributed by atoms with Gasteiger partial charge >= 0.3 is 12.1 Å². The lowest BCUT2D eigenvalue weighted by Crippen LogP contribution is -2.63. The van der Waals surface area contributed by atoms with E-state index in [0.717, 1.165) is 28.7 Å². The van der Waals surface area contributed by atoms with Gasteiger partial charge in [0.15, 0.2) is 0 Å². The van der Waals surface area contributed by atoms with Gasteiger partial charge in [0.05, 0.1) is 6.42 Å². The van der Waals surface area contributed by atoms with E-state index >= 15 is 0 Å². The molecule has 2 atom stereocenters. The summed E-state index contributed by atoms with van der Waals surface area (Å²) in [6, 6.07) is 16.3. The third-order valence-electron chi connectivity index (χ3n) is 7.79. The maximum atomic E-state index is 13.4. The second-order valence-corrected chi connectivity index (χ2v) is 9.93. The first-order valence-electron chi connectivity index (χ1n) is 12.0. The predicted molar refractivity (Wildman–Crippen MR) is 126 cm³/mol. The zero-order valence-corrected chi connectivity index (χ0v) is 19.3. The smallest absolute Gasteiger partial charge is 0.408 e. The van der Waals surface area contributed by atoms with Crippen LogP contribution in [-0.4, -0.2) is 53.2 Å². The summed E-state index contributed by atoms with van der Waals surface area (Å²) in [6.07, 6.45) is 1.48. The summed E-state index contributed by atoms with van der Waals surface area (Å²) >= 11 is 0. The summed E-state index contributed by atoms with van der Waals surface area (Å²) in [5, 5.41) is 12.0. The summed E-state index contributed by atoms with van der Waals surface area (Å²) in [5.74, 6) is -0.949. The molecular weight excluding hydrogens is 432 g/mol. The van der Waals surface area contributed by atoms with Crippen LogP contribution < -0.4 is 5.32 Å². The second-order valence-electron chi connectivity index (χ2n) is 9.93. The van der Waals surface area contributed by atoms with E-state index in [1.54, 1.807) is 4.90 Å². The number of benzene rings is 2. The summed E-state index contributed by atoms with van der Waals surface area (Å²) in [5.41, 5.74) is 3.66. The van der Waals surface area contributed by atoms with Crippen LogP contribution in [0.1, 0.15) is 49.7 Å². The van der Waals surface area contributed by atoms with Crippen molar-refractivity contribution in [3.63, 3.8) is 0 Å². The Labute approximate surface area is 199 Å². The van der Waals surface area contributed by atoms with E-state index in [0.29, 0.717) is 25.9 Å². The van der Waals surface area contributed by atoms with Gasteiger partial charge in [0.1, 0.15) is 12.1 Å². The Morgan fingerprint density at radius 2 is 1.65 bits per heavy atom. The minimum atomic E-state index is -0.944. The number of ether oxygens (including phenoxy) is 1. The molecule has 2 fully saturated rings. The molecule has 0 radical (unpaired) electrons. The van der Waals surface area contributed by atoms with Crippen molar-refractivity contribution in [2.24, 2.45) is 11.8 Å². The van der Waals surface area contributed by atoms with Gasteiger partial charge in [0, 0.05) is 19.0 Å². The van der Waals surface area contributed by atoms with E-state index in [1.807, 2.05) is 31.2 Å². The first-order chi connectivity index (χ1) is 16.4. The zero-order chi connectivity index (χ0) is 23.9. The van der Waals surface area contributed by atoms with Gasteiger partial charge in [-0.2, -0.15) is 0 Å². The number of hydrogen-bond donors (Lipinski definition) is 2. The van der Waals surface area contributed by atoms with Crippen LogP contribution in [0.15, 0.2) is 48.5 Å². The fourth-order valence-corrected chi connectivity index (χ4v) is 5.75. The lowest BCUT2D eigenvalue weighted by Gasteiger charge is -2.42. The number of hydrogen-bond acceptors (Lipinski definition) is 4. The van der Waals surface area contributed by atoms with Crippen LogP contribution in [-0.2, 0) is 14.3 Å². The molecule has 2 aromatic rings. The zero-order valence-electron chi connectivity index (χ0n) is 19.3. The van der Waals surface area contributed by atoms with Crippen LogP contribution in [0.25, 0.3) is 11.1 Å². The van der Waals surface area contributed by atoms with Crippen LogP contribution in [0.5, 0.6) is 0 Å². The Morgan fingerprint density at radius 3 is 2.21 bits per heavy atom. The number of aliphatic carboxylic acids is 1. The average Bonchev–Trinajstić information content (AvgIpc) is 3.32. The largest absolute Gasteiger partial charge is 0.481 e. The van der Waals surface area contributed by atoms with Gasteiger partial charge < -0.3 is 20.1 Å². The number of alkyl carbamates (subject to hydrolysis) is 1. The Balaban J connectivity index is 1.24. The molecule has 1 saturated heterocycles. The van der Waals surface area contributed by atoms with Crippen molar-refractivity contribution in [2.75, 3.05) is 19.7 Å². The van der Waals surface area contributed by atoms with Crippen LogP contribution >= 0.6 is 0 Å². The molecule has 2 unspecified atom stereocenters. The average molecular weight is 463 g/mol. The number of nitrogens with one attached hydrogen (secondary N) is 1. The van der Waals surface area contributed by atoms with Crippen LogP contribution in [0, 0.1) is 11.8 Å². The summed E-state index contributed by atoms with van der Waals surface area (Å²) in [4.78, 5) is 39.1. The number of amides is 2. The minimum Gasteiger partial charge on any atom is -0.481 e. The van der Waals surface area contributed by atoms with Crippen molar-refractivity contribution in [3.8, 4) is 11.1 Å². The third-order valence-corrected chi connectivity index (χ3v) is 7.79. The minimum absolute atomic E-state index is 0.0394. The van der Waals surface area contributed by atoms with Gasteiger partial charge in [-0.15, -0.1) is 0 Å². The number of rotatable bonds is 6. The standard InChI is InChI=1S/C27H30N2O5/c1-17-14-29(15-18(17)13-24(30)31)25(32)27(11-6-12-27)28-26(33)34-16-23-21-9-4-2-7-19(21)20-8-3-5-10-22(20)23/h2-5,7-10,17-18,23H,6,11-16H2,1H3,(H,28,33)(H,30,31).